The van der Waals surface area contributed by atoms with E-state index in [1.807, 2.05) is 84.9 Å². The van der Waals surface area contributed by atoms with E-state index in [4.69, 9.17) is 4.84 Å². The fourth-order valence-corrected chi connectivity index (χ4v) is 3.61. The second kappa shape index (κ2) is 7.94. The van der Waals surface area contributed by atoms with Crippen molar-refractivity contribution >= 4 is 33.2 Å². The van der Waals surface area contributed by atoms with Crippen LogP contribution < -0.4 is 10.4 Å². The molecule has 3 aromatic carbocycles. The molecule has 136 valence electrons. The SMILES string of the molecule is O=C(Nc1ccccc1Br)C1CC(c2ccccc2)ON1c1ccccc1. The zero-order valence-corrected chi connectivity index (χ0v) is 16.2. The van der Waals surface area contributed by atoms with Gasteiger partial charge < -0.3 is 5.32 Å². The fourth-order valence-electron chi connectivity index (χ4n) is 3.22. The Bertz CT molecular complexity index is 918. The average Bonchev–Trinajstić information content (AvgIpc) is 3.17. The van der Waals surface area contributed by atoms with E-state index in [1.54, 1.807) is 5.06 Å². The molecule has 0 aliphatic carbocycles. The number of para-hydroxylation sites is 2. The summed E-state index contributed by atoms with van der Waals surface area (Å²) >= 11 is 3.48. The van der Waals surface area contributed by atoms with E-state index < -0.39 is 6.04 Å². The normalized spacial score (nSPS) is 19.1. The second-order valence-corrected chi connectivity index (χ2v) is 7.24. The highest BCUT2D eigenvalue weighted by atomic mass is 79.9. The van der Waals surface area contributed by atoms with Crippen molar-refractivity contribution in [1.29, 1.82) is 0 Å². The van der Waals surface area contributed by atoms with Crippen LogP contribution in [-0.4, -0.2) is 11.9 Å². The summed E-state index contributed by atoms with van der Waals surface area (Å²) in [4.78, 5) is 19.3. The highest BCUT2D eigenvalue weighted by molar-refractivity contribution is 9.10. The molecule has 1 aliphatic rings. The smallest absolute Gasteiger partial charge is 0.249 e. The topological polar surface area (TPSA) is 41.6 Å². The molecule has 0 bridgehead atoms. The number of nitrogens with zero attached hydrogens (tertiary/aromatic N) is 1. The molecule has 1 amide bonds. The van der Waals surface area contributed by atoms with Crippen LogP contribution in [0.25, 0.3) is 0 Å². The van der Waals surface area contributed by atoms with Crippen LogP contribution in [0.15, 0.2) is 89.4 Å². The zero-order valence-electron chi connectivity index (χ0n) is 14.6. The van der Waals surface area contributed by atoms with E-state index in [9.17, 15) is 4.79 Å². The molecule has 1 saturated heterocycles. The number of hydrogen-bond acceptors (Lipinski definition) is 3. The van der Waals surface area contributed by atoms with Crippen LogP contribution in [0.1, 0.15) is 18.1 Å². The molecular weight excluding hydrogens is 404 g/mol. The number of anilines is 2. The maximum absolute atomic E-state index is 13.1. The third-order valence-corrected chi connectivity index (χ3v) is 5.27. The number of nitrogens with one attached hydrogen (secondary N) is 1. The van der Waals surface area contributed by atoms with Crippen LogP contribution in [0.4, 0.5) is 11.4 Å². The molecular formula is C22H19BrN2O2. The lowest BCUT2D eigenvalue weighted by Crippen LogP contribution is -2.39. The molecule has 4 nitrogen and oxygen atoms in total. The summed E-state index contributed by atoms with van der Waals surface area (Å²) in [5.41, 5.74) is 2.68. The van der Waals surface area contributed by atoms with Crippen molar-refractivity contribution in [2.24, 2.45) is 0 Å². The van der Waals surface area contributed by atoms with Crippen molar-refractivity contribution in [2.75, 3.05) is 10.4 Å². The lowest BCUT2D eigenvalue weighted by atomic mass is 10.0. The molecule has 27 heavy (non-hydrogen) atoms. The molecule has 4 rings (SSSR count). The van der Waals surface area contributed by atoms with Gasteiger partial charge in [0, 0.05) is 10.9 Å². The fraction of sp³-hybridized carbons (Fsp3) is 0.136. The first-order chi connectivity index (χ1) is 13.2. The summed E-state index contributed by atoms with van der Waals surface area (Å²) in [7, 11) is 0. The maximum atomic E-state index is 13.1. The van der Waals surface area contributed by atoms with Gasteiger partial charge >= 0.3 is 0 Å². The van der Waals surface area contributed by atoms with Gasteiger partial charge in [0.15, 0.2) is 0 Å². The molecule has 0 aromatic heterocycles. The van der Waals surface area contributed by atoms with Crippen molar-refractivity contribution in [3.8, 4) is 0 Å². The van der Waals surface area contributed by atoms with Gasteiger partial charge in [-0.15, -0.1) is 0 Å². The van der Waals surface area contributed by atoms with E-state index in [0.717, 1.165) is 21.4 Å². The first-order valence-corrected chi connectivity index (χ1v) is 9.63. The largest absolute Gasteiger partial charge is 0.323 e. The van der Waals surface area contributed by atoms with Crippen molar-refractivity contribution < 1.29 is 9.63 Å². The lowest BCUT2D eigenvalue weighted by molar-refractivity contribution is -0.117. The minimum absolute atomic E-state index is 0.0933. The van der Waals surface area contributed by atoms with Crippen LogP contribution in [0.3, 0.4) is 0 Å². The molecule has 3 aromatic rings. The molecule has 1 aliphatic heterocycles. The first-order valence-electron chi connectivity index (χ1n) is 8.84. The van der Waals surface area contributed by atoms with Crippen molar-refractivity contribution in [2.45, 2.75) is 18.6 Å². The number of hydrogen-bond donors (Lipinski definition) is 1. The highest BCUT2D eigenvalue weighted by Crippen LogP contribution is 2.37. The van der Waals surface area contributed by atoms with Crippen LogP contribution >= 0.6 is 15.9 Å². The Balaban J connectivity index is 1.61. The summed E-state index contributed by atoms with van der Waals surface area (Å²) in [6.07, 6.45) is 0.413. The molecule has 0 saturated carbocycles. The van der Waals surface area contributed by atoms with Crippen LogP contribution in [-0.2, 0) is 9.63 Å². The number of benzene rings is 3. The Kier molecular flexibility index (Phi) is 5.23. The summed E-state index contributed by atoms with van der Waals surface area (Å²) in [6.45, 7) is 0. The Hall–Kier alpha value is -2.63. The third kappa shape index (κ3) is 3.89. The molecule has 0 spiro atoms. The predicted molar refractivity (Wildman–Crippen MR) is 110 cm³/mol. The van der Waals surface area contributed by atoms with Gasteiger partial charge in [-0.2, -0.15) is 0 Å². The second-order valence-electron chi connectivity index (χ2n) is 6.39. The molecule has 2 unspecified atom stereocenters. The first kappa shape index (κ1) is 17.8. The van der Waals surface area contributed by atoms with Crippen LogP contribution in [0.2, 0.25) is 0 Å². The summed E-state index contributed by atoms with van der Waals surface area (Å²) in [6, 6.07) is 26.9. The zero-order chi connectivity index (χ0) is 18.6. The highest BCUT2D eigenvalue weighted by Gasteiger charge is 2.39. The molecule has 0 radical (unpaired) electrons. The van der Waals surface area contributed by atoms with Gasteiger partial charge in [-0.3, -0.25) is 9.63 Å². The Morgan fingerprint density at radius 1 is 0.926 bits per heavy atom. The van der Waals surface area contributed by atoms with E-state index in [-0.39, 0.29) is 12.0 Å². The maximum Gasteiger partial charge on any atom is 0.249 e. The van der Waals surface area contributed by atoms with Gasteiger partial charge in [0.05, 0.1) is 11.4 Å². The minimum Gasteiger partial charge on any atom is -0.323 e. The van der Waals surface area contributed by atoms with Gasteiger partial charge in [0.25, 0.3) is 0 Å². The van der Waals surface area contributed by atoms with Crippen molar-refractivity contribution in [3.05, 3.63) is 95.0 Å². The van der Waals surface area contributed by atoms with Gasteiger partial charge in [0.2, 0.25) is 5.91 Å². The number of hydroxylamine groups is 1. The number of carbonyl (C=O) groups is 1. The predicted octanol–water partition coefficient (Wildman–Crippen LogP) is 5.34. The van der Waals surface area contributed by atoms with Gasteiger partial charge in [0.1, 0.15) is 12.1 Å². The monoisotopic (exact) mass is 422 g/mol. The number of carbonyl (C=O) groups excluding carboxylic acids is 1. The number of amides is 1. The van der Waals surface area contributed by atoms with E-state index in [1.165, 1.54) is 0 Å². The molecule has 1 N–H and O–H groups in total. The minimum atomic E-state index is -0.426. The third-order valence-electron chi connectivity index (χ3n) is 4.58. The Morgan fingerprint density at radius 3 is 2.26 bits per heavy atom. The summed E-state index contributed by atoms with van der Waals surface area (Å²) < 4.78 is 0.850. The Labute approximate surface area is 166 Å². The van der Waals surface area contributed by atoms with Crippen LogP contribution in [0.5, 0.6) is 0 Å². The van der Waals surface area contributed by atoms with E-state index >= 15 is 0 Å². The lowest BCUT2D eigenvalue weighted by Gasteiger charge is -2.24. The summed E-state index contributed by atoms with van der Waals surface area (Å²) in [5.74, 6) is -0.0933. The van der Waals surface area contributed by atoms with Gasteiger partial charge in [-0.25, -0.2) is 5.06 Å². The van der Waals surface area contributed by atoms with E-state index in [0.29, 0.717) is 6.42 Å². The number of halogens is 1. The molecule has 5 heteroatoms. The molecule has 2 atom stereocenters. The average molecular weight is 423 g/mol. The van der Waals surface area contributed by atoms with Gasteiger partial charge in [-0.05, 0) is 45.8 Å². The quantitative estimate of drug-likeness (QED) is 0.616. The molecule has 1 heterocycles. The number of rotatable bonds is 4. The van der Waals surface area contributed by atoms with Crippen molar-refractivity contribution in [3.63, 3.8) is 0 Å². The van der Waals surface area contributed by atoms with Gasteiger partial charge in [-0.1, -0.05) is 60.7 Å². The standard InChI is InChI=1S/C22H19BrN2O2/c23-18-13-7-8-14-19(18)24-22(26)20-15-21(16-9-3-1-4-10-16)27-25(20)17-11-5-2-6-12-17/h1-14,20-21H,15H2,(H,24,26). The van der Waals surface area contributed by atoms with Crippen molar-refractivity contribution in [1.82, 2.24) is 0 Å². The Morgan fingerprint density at radius 2 is 1.56 bits per heavy atom. The molecule has 1 fully saturated rings. The van der Waals surface area contributed by atoms with Crippen LogP contribution in [0, 0.1) is 0 Å². The summed E-state index contributed by atoms with van der Waals surface area (Å²) in [5, 5.41) is 4.74. The van der Waals surface area contributed by atoms with E-state index in [2.05, 4.69) is 21.2 Å².